The molecule has 0 bridgehead atoms. The van der Waals surface area contributed by atoms with Gasteiger partial charge in [-0.1, -0.05) is 74.9 Å². The summed E-state index contributed by atoms with van der Waals surface area (Å²) in [4.78, 5) is 19.8. The van der Waals surface area contributed by atoms with E-state index in [9.17, 15) is 4.79 Å². The second kappa shape index (κ2) is 13.7. The third-order valence-corrected chi connectivity index (χ3v) is 7.87. The molecule has 1 heterocycles. The second-order valence-corrected chi connectivity index (χ2v) is 10.5. The summed E-state index contributed by atoms with van der Waals surface area (Å²) in [6, 6.07) is 24.2. The number of aromatic nitrogens is 2. The SMILES string of the molecule is CC[C@H](C)[C@@H](CN(Cc1cccc2ccccc12)C(=S)NC)NC(=O)Cc1cncn1Cc1ccc(C#N)cc1. The molecule has 7 nitrogen and oxygen atoms in total. The number of nitriles is 1. The molecular weight excluding hydrogens is 516 g/mol. The highest BCUT2D eigenvalue weighted by Crippen LogP contribution is 2.21. The lowest BCUT2D eigenvalue weighted by Crippen LogP contribution is -2.50. The number of carbonyl (C=O) groups excluding carboxylic acids is 1. The lowest BCUT2D eigenvalue weighted by Gasteiger charge is -2.33. The largest absolute Gasteiger partial charge is 0.366 e. The molecule has 0 saturated carbocycles. The molecule has 0 saturated heterocycles. The lowest BCUT2D eigenvalue weighted by molar-refractivity contribution is -0.121. The summed E-state index contributed by atoms with van der Waals surface area (Å²) in [7, 11) is 1.84. The fraction of sp³-hybridized carbons (Fsp3) is 0.312. The van der Waals surface area contributed by atoms with Gasteiger partial charge in [-0.3, -0.25) is 4.79 Å². The maximum Gasteiger partial charge on any atom is 0.226 e. The number of hydrogen-bond donors (Lipinski definition) is 2. The van der Waals surface area contributed by atoms with E-state index < -0.39 is 0 Å². The summed E-state index contributed by atoms with van der Waals surface area (Å²) in [5, 5.41) is 18.5. The van der Waals surface area contributed by atoms with Crippen LogP contribution in [0.3, 0.4) is 0 Å². The average Bonchev–Trinajstić information content (AvgIpc) is 3.41. The minimum atomic E-state index is -0.0892. The Labute approximate surface area is 241 Å². The minimum Gasteiger partial charge on any atom is -0.366 e. The van der Waals surface area contributed by atoms with Gasteiger partial charge in [0.2, 0.25) is 5.91 Å². The van der Waals surface area contributed by atoms with Gasteiger partial charge in [-0.2, -0.15) is 5.26 Å². The van der Waals surface area contributed by atoms with Crippen LogP contribution >= 0.6 is 12.2 Å². The number of nitrogens with one attached hydrogen (secondary N) is 2. The van der Waals surface area contributed by atoms with E-state index in [1.165, 1.54) is 16.3 Å². The summed E-state index contributed by atoms with van der Waals surface area (Å²) in [6.45, 7) is 6.12. The zero-order valence-corrected chi connectivity index (χ0v) is 24.1. The van der Waals surface area contributed by atoms with Crippen LogP contribution < -0.4 is 10.6 Å². The smallest absolute Gasteiger partial charge is 0.226 e. The van der Waals surface area contributed by atoms with Crippen molar-refractivity contribution >= 4 is 34.0 Å². The monoisotopic (exact) mass is 552 g/mol. The van der Waals surface area contributed by atoms with E-state index in [1.54, 1.807) is 24.7 Å². The summed E-state index contributed by atoms with van der Waals surface area (Å²) in [6.07, 6.45) is 4.63. The summed E-state index contributed by atoms with van der Waals surface area (Å²) >= 11 is 5.71. The third kappa shape index (κ3) is 7.25. The van der Waals surface area contributed by atoms with Crippen molar-refractivity contribution in [1.29, 1.82) is 5.26 Å². The number of hydrogen-bond acceptors (Lipinski definition) is 4. The van der Waals surface area contributed by atoms with Gasteiger partial charge in [0.15, 0.2) is 5.11 Å². The Hall–Kier alpha value is -4.22. The van der Waals surface area contributed by atoms with Crippen LogP contribution in [0.25, 0.3) is 10.8 Å². The number of imidazole rings is 1. The molecule has 4 aromatic rings. The first-order valence-corrected chi connectivity index (χ1v) is 14.0. The summed E-state index contributed by atoms with van der Waals surface area (Å²) in [5.41, 5.74) is 3.69. The van der Waals surface area contributed by atoms with Crippen LogP contribution in [-0.4, -0.2) is 45.1 Å². The number of rotatable bonds is 11. The minimum absolute atomic E-state index is 0.0487. The van der Waals surface area contributed by atoms with Crippen LogP contribution in [0.2, 0.25) is 0 Å². The standard InChI is InChI=1S/C32H36N6OS/c1-4-23(2)30(21-37(32(40)34-3)20-27-10-7-9-26-8-5-6-11-29(26)27)36-31(39)16-28-18-35-22-38(28)19-25-14-12-24(17-33)13-15-25/h5-15,18,22-23,30H,4,16,19-21H2,1-3H3,(H,34,40)(H,36,39)/t23-,30+/m0/s1. The van der Waals surface area contributed by atoms with Crippen molar-refractivity contribution in [3.05, 3.63) is 102 Å². The number of carbonyl (C=O) groups is 1. The molecule has 0 unspecified atom stereocenters. The molecule has 2 N–H and O–H groups in total. The van der Waals surface area contributed by atoms with Gasteiger partial charge < -0.3 is 20.1 Å². The second-order valence-electron chi connectivity index (χ2n) is 10.1. The number of benzene rings is 3. The molecule has 0 aliphatic rings. The third-order valence-electron chi connectivity index (χ3n) is 7.41. The molecule has 3 aromatic carbocycles. The molecule has 4 rings (SSSR count). The van der Waals surface area contributed by atoms with Crippen molar-refractivity contribution < 1.29 is 4.79 Å². The van der Waals surface area contributed by atoms with Crippen LogP contribution in [0.15, 0.2) is 79.3 Å². The Kier molecular flexibility index (Phi) is 9.87. The van der Waals surface area contributed by atoms with E-state index in [4.69, 9.17) is 17.5 Å². The van der Waals surface area contributed by atoms with E-state index in [1.807, 2.05) is 29.8 Å². The Bertz CT molecular complexity index is 1480. The molecule has 2 atom stereocenters. The molecule has 0 radical (unpaired) electrons. The van der Waals surface area contributed by atoms with Crippen LogP contribution in [0.1, 0.15) is 42.7 Å². The lowest BCUT2D eigenvalue weighted by atomic mass is 9.97. The highest BCUT2D eigenvalue weighted by atomic mass is 32.1. The summed E-state index contributed by atoms with van der Waals surface area (Å²) in [5.74, 6) is 0.203. The molecule has 0 spiro atoms. The molecule has 0 fully saturated rings. The van der Waals surface area contributed by atoms with Crippen molar-refractivity contribution in [2.75, 3.05) is 13.6 Å². The van der Waals surface area contributed by atoms with Crippen molar-refractivity contribution in [3.8, 4) is 6.07 Å². The molecule has 0 aliphatic heterocycles. The quantitative estimate of drug-likeness (QED) is 0.254. The number of amides is 1. The summed E-state index contributed by atoms with van der Waals surface area (Å²) < 4.78 is 1.97. The van der Waals surface area contributed by atoms with E-state index >= 15 is 0 Å². The predicted octanol–water partition coefficient (Wildman–Crippen LogP) is 5.04. The van der Waals surface area contributed by atoms with Crippen molar-refractivity contribution in [2.24, 2.45) is 5.92 Å². The Morgan fingerprint density at radius 1 is 1.12 bits per heavy atom. The van der Waals surface area contributed by atoms with Gasteiger partial charge in [-0.25, -0.2) is 4.98 Å². The van der Waals surface area contributed by atoms with Crippen LogP contribution in [0.5, 0.6) is 0 Å². The van der Waals surface area contributed by atoms with E-state index in [-0.39, 0.29) is 24.3 Å². The molecule has 40 heavy (non-hydrogen) atoms. The van der Waals surface area contributed by atoms with Crippen molar-refractivity contribution in [2.45, 2.75) is 45.8 Å². The van der Waals surface area contributed by atoms with E-state index in [0.29, 0.717) is 30.3 Å². The Balaban J connectivity index is 1.47. The molecule has 206 valence electrons. The predicted molar refractivity (Wildman–Crippen MR) is 164 cm³/mol. The fourth-order valence-electron chi connectivity index (χ4n) is 4.84. The van der Waals surface area contributed by atoms with Gasteiger partial charge in [0, 0.05) is 44.6 Å². The van der Waals surface area contributed by atoms with Crippen LogP contribution in [-0.2, 0) is 24.3 Å². The number of nitrogens with zero attached hydrogens (tertiary/aromatic N) is 4. The molecule has 1 amide bonds. The maximum absolute atomic E-state index is 13.3. The van der Waals surface area contributed by atoms with Crippen molar-refractivity contribution in [1.82, 2.24) is 25.1 Å². The van der Waals surface area contributed by atoms with Gasteiger partial charge in [0.25, 0.3) is 0 Å². The molecule has 0 aliphatic carbocycles. The molecule has 8 heteroatoms. The maximum atomic E-state index is 13.3. The highest BCUT2D eigenvalue weighted by Gasteiger charge is 2.24. The van der Waals surface area contributed by atoms with E-state index in [2.05, 4.69) is 76.8 Å². The first-order valence-electron chi connectivity index (χ1n) is 13.6. The average molecular weight is 553 g/mol. The highest BCUT2D eigenvalue weighted by molar-refractivity contribution is 7.80. The van der Waals surface area contributed by atoms with Gasteiger partial charge in [0.1, 0.15) is 0 Å². The van der Waals surface area contributed by atoms with Crippen molar-refractivity contribution in [3.63, 3.8) is 0 Å². The number of fused-ring (bicyclic) bond motifs is 1. The molecular formula is C32H36N6OS. The van der Waals surface area contributed by atoms with Crippen LogP contribution in [0, 0.1) is 17.2 Å². The van der Waals surface area contributed by atoms with Gasteiger partial charge in [-0.05, 0) is 52.2 Å². The first-order chi connectivity index (χ1) is 19.4. The fourth-order valence-corrected chi connectivity index (χ4v) is 4.98. The van der Waals surface area contributed by atoms with E-state index in [0.717, 1.165) is 17.7 Å². The van der Waals surface area contributed by atoms with Gasteiger partial charge in [-0.15, -0.1) is 0 Å². The zero-order chi connectivity index (χ0) is 28.5. The topological polar surface area (TPSA) is 86.0 Å². The Morgan fingerprint density at radius 2 is 1.88 bits per heavy atom. The van der Waals surface area contributed by atoms with Gasteiger partial charge >= 0.3 is 0 Å². The van der Waals surface area contributed by atoms with Gasteiger partial charge in [0.05, 0.1) is 24.4 Å². The normalized spacial score (nSPS) is 12.3. The Morgan fingerprint density at radius 3 is 2.60 bits per heavy atom. The molecule has 1 aromatic heterocycles. The first kappa shape index (κ1) is 28.8. The number of thiocarbonyl (C=S) groups is 1. The van der Waals surface area contributed by atoms with Crippen LogP contribution in [0.4, 0.5) is 0 Å². The zero-order valence-electron chi connectivity index (χ0n) is 23.3.